The number of halogens is 2. The standard InChI is InChI=1S/C8H4BrFN2O2/c9-3-1-2-4-5(6(3)10)7(8(13)14)12-11-4/h1-2H,(H,11,12)(H,13,14). The van der Waals surface area contributed by atoms with Gasteiger partial charge >= 0.3 is 5.97 Å². The maximum Gasteiger partial charge on any atom is 0.357 e. The SMILES string of the molecule is O=C(O)c1n[nH]c2ccc(Br)c(F)c12. The lowest BCUT2D eigenvalue weighted by Crippen LogP contribution is -1.98. The lowest BCUT2D eigenvalue weighted by atomic mass is 10.2. The third kappa shape index (κ3) is 1.19. The summed E-state index contributed by atoms with van der Waals surface area (Å²) in [6, 6.07) is 3.05. The zero-order valence-corrected chi connectivity index (χ0v) is 8.30. The summed E-state index contributed by atoms with van der Waals surface area (Å²) >= 11 is 2.97. The summed E-state index contributed by atoms with van der Waals surface area (Å²) in [6.07, 6.45) is 0. The maximum atomic E-state index is 13.5. The number of aromatic amines is 1. The van der Waals surface area contributed by atoms with Crippen molar-refractivity contribution in [1.29, 1.82) is 0 Å². The Morgan fingerprint density at radius 2 is 2.29 bits per heavy atom. The Hall–Kier alpha value is -1.43. The highest BCUT2D eigenvalue weighted by molar-refractivity contribution is 9.10. The largest absolute Gasteiger partial charge is 0.476 e. The van der Waals surface area contributed by atoms with Crippen LogP contribution in [0.1, 0.15) is 10.5 Å². The van der Waals surface area contributed by atoms with Crippen molar-refractivity contribution >= 4 is 32.8 Å². The van der Waals surface area contributed by atoms with Gasteiger partial charge in [0.1, 0.15) is 5.82 Å². The number of benzene rings is 1. The predicted octanol–water partition coefficient (Wildman–Crippen LogP) is 2.16. The van der Waals surface area contributed by atoms with Gasteiger partial charge in [-0.25, -0.2) is 9.18 Å². The molecule has 0 amide bonds. The van der Waals surface area contributed by atoms with Crippen molar-refractivity contribution in [3.05, 3.63) is 28.1 Å². The van der Waals surface area contributed by atoms with Crippen LogP contribution in [0.5, 0.6) is 0 Å². The van der Waals surface area contributed by atoms with E-state index in [1.54, 1.807) is 6.07 Å². The molecule has 0 fully saturated rings. The maximum absolute atomic E-state index is 13.5. The van der Waals surface area contributed by atoms with Crippen LogP contribution in [0.25, 0.3) is 10.9 Å². The molecule has 0 radical (unpaired) electrons. The molecule has 14 heavy (non-hydrogen) atoms. The van der Waals surface area contributed by atoms with Gasteiger partial charge in [0.25, 0.3) is 0 Å². The zero-order chi connectivity index (χ0) is 10.3. The molecule has 72 valence electrons. The molecule has 1 heterocycles. The normalized spacial score (nSPS) is 10.7. The van der Waals surface area contributed by atoms with Crippen molar-refractivity contribution in [2.24, 2.45) is 0 Å². The van der Waals surface area contributed by atoms with Gasteiger partial charge in [-0.2, -0.15) is 5.10 Å². The van der Waals surface area contributed by atoms with E-state index in [0.717, 1.165) is 0 Å². The van der Waals surface area contributed by atoms with Crippen LogP contribution >= 0.6 is 15.9 Å². The van der Waals surface area contributed by atoms with Crippen LogP contribution in [0.3, 0.4) is 0 Å². The molecule has 0 unspecified atom stereocenters. The Morgan fingerprint density at radius 3 is 2.93 bits per heavy atom. The molecule has 2 N–H and O–H groups in total. The topological polar surface area (TPSA) is 66.0 Å². The Kier molecular flexibility index (Phi) is 1.99. The molecule has 0 aliphatic rings. The first-order valence-corrected chi connectivity index (χ1v) is 4.46. The molecule has 2 aromatic rings. The molecule has 0 bridgehead atoms. The van der Waals surface area contributed by atoms with Crippen LogP contribution in [-0.2, 0) is 0 Å². The van der Waals surface area contributed by atoms with E-state index in [0.29, 0.717) is 5.52 Å². The van der Waals surface area contributed by atoms with Gasteiger partial charge in [-0.3, -0.25) is 5.10 Å². The van der Waals surface area contributed by atoms with Crippen molar-refractivity contribution in [2.45, 2.75) is 0 Å². The van der Waals surface area contributed by atoms with E-state index in [2.05, 4.69) is 26.1 Å². The summed E-state index contributed by atoms with van der Waals surface area (Å²) in [5, 5.41) is 14.7. The Bertz CT molecular complexity index is 523. The number of hydrogen-bond donors (Lipinski definition) is 2. The molecule has 6 heteroatoms. The first kappa shape index (κ1) is 9.14. The fourth-order valence-corrected chi connectivity index (χ4v) is 1.53. The van der Waals surface area contributed by atoms with E-state index < -0.39 is 11.8 Å². The number of hydrogen-bond acceptors (Lipinski definition) is 2. The summed E-state index contributed by atoms with van der Waals surface area (Å²) in [5.74, 6) is -1.87. The number of carbonyl (C=O) groups is 1. The first-order valence-electron chi connectivity index (χ1n) is 3.66. The minimum Gasteiger partial charge on any atom is -0.476 e. The number of aromatic nitrogens is 2. The van der Waals surface area contributed by atoms with Crippen LogP contribution in [0.2, 0.25) is 0 Å². The number of H-pyrrole nitrogens is 1. The summed E-state index contributed by atoms with van der Waals surface area (Å²) in [6.45, 7) is 0. The number of carboxylic acids is 1. The van der Waals surface area contributed by atoms with E-state index in [1.165, 1.54) is 6.07 Å². The quantitative estimate of drug-likeness (QED) is 0.824. The fourth-order valence-electron chi connectivity index (χ4n) is 1.20. The second-order valence-electron chi connectivity index (χ2n) is 2.66. The van der Waals surface area contributed by atoms with E-state index in [-0.39, 0.29) is 15.6 Å². The molecule has 0 atom stereocenters. The van der Waals surface area contributed by atoms with E-state index in [4.69, 9.17) is 5.11 Å². The molecule has 0 aliphatic carbocycles. The number of fused-ring (bicyclic) bond motifs is 1. The van der Waals surface area contributed by atoms with Crippen molar-refractivity contribution in [1.82, 2.24) is 10.2 Å². The highest BCUT2D eigenvalue weighted by Crippen LogP contribution is 2.25. The average molecular weight is 259 g/mol. The minimum atomic E-state index is -1.26. The molecule has 1 aromatic heterocycles. The lowest BCUT2D eigenvalue weighted by molar-refractivity contribution is 0.0692. The van der Waals surface area contributed by atoms with E-state index in [1.807, 2.05) is 0 Å². The van der Waals surface area contributed by atoms with Gasteiger partial charge < -0.3 is 5.11 Å². The molecular weight excluding hydrogens is 255 g/mol. The zero-order valence-electron chi connectivity index (χ0n) is 6.71. The van der Waals surface area contributed by atoms with Crippen LogP contribution in [0, 0.1) is 5.82 Å². The summed E-state index contributed by atoms with van der Waals surface area (Å²) in [7, 11) is 0. The van der Waals surface area contributed by atoms with Gasteiger partial charge in [-0.1, -0.05) is 0 Å². The van der Waals surface area contributed by atoms with Crippen molar-refractivity contribution in [3.8, 4) is 0 Å². The van der Waals surface area contributed by atoms with Gasteiger partial charge in [0.15, 0.2) is 5.69 Å². The Labute approximate surface area is 85.9 Å². The third-order valence-electron chi connectivity index (χ3n) is 1.82. The minimum absolute atomic E-state index is 0.00752. The molecule has 0 saturated heterocycles. The molecule has 0 spiro atoms. The Balaban J connectivity index is 2.89. The lowest BCUT2D eigenvalue weighted by Gasteiger charge is -1.95. The van der Waals surface area contributed by atoms with Crippen molar-refractivity contribution in [2.75, 3.05) is 0 Å². The highest BCUT2D eigenvalue weighted by Gasteiger charge is 2.17. The molecule has 2 rings (SSSR count). The van der Waals surface area contributed by atoms with Gasteiger partial charge in [0.2, 0.25) is 0 Å². The molecule has 0 aliphatic heterocycles. The second kappa shape index (κ2) is 3.06. The number of aromatic carboxylic acids is 1. The van der Waals surface area contributed by atoms with Crippen molar-refractivity contribution in [3.63, 3.8) is 0 Å². The number of nitrogens with zero attached hydrogens (tertiary/aromatic N) is 1. The number of rotatable bonds is 1. The first-order chi connectivity index (χ1) is 6.61. The molecule has 1 aromatic carbocycles. The molecular formula is C8H4BrFN2O2. The van der Waals surface area contributed by atoms with Crippen LogP contribution in [0.15, 0.2) is 16.6 Å². The van der Waals surface area contributed by atoms with Gasteiger partial charge in [0, 0.05) is 0 Å². The smallest absolute Gasteiger partial charge is 0.357 e. The number of nitrogens with one attached hydrogen (secondary N) is 1. The molecule has 0 saturated carbocycles. The second-order valence-corrected chi connectivity index (χ2v) is 3.52. The summed E-state index contributed by atoms with van der Waals surface area (Å²) < 4.78 is 13.7. The van der Waals surface area contributed by atoms with Crippen LogP contribution in [-0.4, -0.2) is 21.3 Å². The summed E-state index contributed by atoms with van der Waals surface area (Å²) in [5.41, 5.74) is 0.0573. The predicted molar refractivity (Wildman–Crippen MR) is 50.7 cm³/mol. The van der Waals surface area contributed by atoms with Crippen LogP contribution in [0.4, 0.5) is 4.39 Å². The highest BCUT2D eigenvalue weighted by atomic mass is 79.9. The van der Waals surface area contributed by atoms with Gasteiger partial charge in [-0.05, 0) is 28.1 Å². The monoisotopic (exact) mass is 258 g/mol. The van der Waals surface area contributed by atoms with Gasteiger partial charge in [-0.15, -0.1) is 0 Å². The van der Waals surface area contributed by atoms with Crippen LogP contribution < -0.4 is 0 Å². The van der Waals surface area contributed by atoms with Crippen molar-refractivity contribution < 1.29 is 14.3 Å². The Morgan fingerprint density at radius 1 is 1.57 bits per heavy atom. The fraction of sp³-hybridized carbons (Fsp3) is 0. The molecule has 4 nitrogen and oxygen atoms in total. The number of carboxylic acid groups (broad SMARTS) is 1. The third-order valence-corrected chi connectivity index (χ3v) is 2.43. The average Bonchev–Trinajstić information content (AvgIpc) is 2.55. The summed E-state index contributed by atoms with van der Waals surface area (Å²) in [4.78, 5) is 10.7. The van der Waals surface area contributed by atoms with Gasteiger partial charge in [0.05, 0.1) is 15.4 Å². The van der Waals surface area contributed by atoms with E-state index in [9.17, 15) is 9.18 Å². The van der Waals surface area contributed by atoms with E-state index >= 15 is 0 Å².